The third-order valence-electron chi connectivity index (χ3n) is 3.52. The van der Waals surface area contributed by atoms with Gasteiger partial charge in [0.2, 0.25) is 0 Å². The van der Waals surface area contributed by atoms with E-state index in [4.69, 9.17) is 11.6 Å². The zero-order valence-electron chi connectivity index (χ0n) is 11.5. The lowest BCUT2D eigenvalue weighted by Crippen LogP contribution is -2.03. The van der Waals surface area contributed by atoms with Crippen molar-refractivity contribution in [3.05, 3.63) is 70.0 Å². The van der Waals surface area contributed by atoms with Crippen molar-refractivity contribution in [3.63, 3.8) is 0 Å². The van der Waals surface area contributed by atoms with Gasteiger partial charge in [0, 0.05) is 0 Å². The molecule has 2 heteroatoms. The largest absolute Gasteiger partial charge is 0.207 e. The maximum absolute atomic E-state index is 13.4. The van der Waals surface area contributed by atoms with Crippen LogP contribution in [0.3, 0.4) is 0 Å². The molecule has 0 radical (unpaired) electrons. The first kappa shape index (κ1) is 14.1. The molecule has 0 saturated carbocycles. The third-order valence-corrected chi connectivity index (χ3v) is 3.97. The molecule has 0 aliphatic heterocycles. The topological polar surface area (TPSA) is 0 Å². The van der Waals surface area contributed by atoms with Gasteiger partial charge in [0.05, 0.1) is 5.38 Å². The van der Waals surface area contributed by atoms with Gasteiger partial charge in [-0.15, -0.1) is 11.6 Å². The van der Waals surface area contributed by atoms with Crippen LogP contribution in [0.4, 0.5) is 4.39 Å². The van der Waals surface area contributed by atoms with Crippen LogP contribution in [0.5, 0.6) is 0 Å². The Bertz CT molecular complexity index is 567. The molecule has 0 saturated heterocycles. The van der Waals surface area contributed by atoms with Crippen LogP contribution in [-0.2, 0) is 6.42 Å². The highest BCUT2D eigenvalue weighted by atomic mass is 35.5. The second-order valence-corrected chi connectivity index (χ2v) is 5.30. The standard InChI is InChI=1S/C17H18ClF/c1-4-13-7-5-6-8-15(13)17(18)16-11(2)9-14(19)10-12(16)3/h5-10,17H,4H2,1-3H3. The molecule has 0 amide bonds. The van der Waals surface area contributed by atoms with Gasteiger partial charge in [0.15, 0.2) is 0 Å². The average molecular weight is 277 g/mol. The second kappa shape index (κ2) is 5.75. The van der Waals surface area contributed by atoms with Crippen molar-refractivity contribution in [3.8, 4) is 0 Å². The van der Waals surface area contributed by atoms with Crippen LogP contribution < -0.4 is 0 Å². The van der Waals surface area contributed by atoms with E-state index in [1.165, 1.54) is 5.56 Å². The van der Waals surface area contributed by atoms with Gasteiger partial charge in [0.25, 0.3) is 0 Å². The molecule has 0 aliphatic carbocycles. The molecule has 0 N–H and O–H groups in total. The predicted octanol–water partition coefficient (Wildman–Crippen LogP) is 5.33. The van der Waals surface area contributed by atoms with Gasteiger partial charge in [0.1, 0.15) is 5.82 Å². The first-order valence-corrected chi connectivity index (χ1v) is 6.96. The Balaban J connectivity index is 2.53. The molecule has 0 bridgehead atoms. The maximum atomic E-state index is 13.4. The van der Waals surface area contributed by atoms with Crippen LogP contribution >= 0.6 is 11.6 Å². The van der Waals surface area contributed by atoms with Crippen molar-refractivity contribution in [2.24, 2.45) is 0 Å². The quantitative estimate of drug-likeness (QED) is 0.665. The molecule has 2 aromatic carbocycles. The maximum Gasteiger partial charge on any atom is 0.123 e. The van der Waals surface area contributed by atoms with E-state index in [0.717, 1.165) is 28.7 Å². The van der Waals surface area contributed by atoms with E-state index in [1.54, 1.807) is 12.1 Å². The van der Waals surface area contributed by atoms with Gasteiger partial charge >= 0.3 is 0 Å². The van der Waals surface area contributed by atoms with Crippen LogP contribution in [0.2, 0.25) is 0 Å². The average Bonchev–Trinajstić information content (AvgIpc) is 2.37. The monoisotopic (exact) mass is 276 g/mol. The first-order chi connectivity index (χ1) is 9.04. The summed E-state index contributed by atoms with van der Waals surface area (Å²) in [5.74, 6) is -0.202. The smallest absolute Gasteiger partial charge is 0.123 e. The molecule has 1 unspecified atom stereocenters. The molecule has 0 nitrogen and oxygen atoms in total. The molecule has 1 atom stereocenters. The lowest BCUT2D eigenvalue weighted by atomic mass is 9.92. The summed E-state index contributed by atoms with van der Waals surface area (Å²) in [5.41, 5.74) is 5.19. The lowest BCUT2D eigenvalue weighted by molar-refractivity contribution is 0.624. The van der Waals surface area contributed by atoms with E-state index in [0.29, 0.717) is 0 Å². The van der Waals surface area contributed by atoms with Gasteiger partial charge < -0.3 is 0 Å². The summed E-state index contributed by atoms with van der Waals surface area (Å²) in [6, 6.07) is 11.3. The number of hydrogen-bond acceptors (Lipinski definition) is 0. The van der Waals surface area contributed by atoms with E-state index in [2.05, 4.69) is 19.1 Å². The predicted molar refractivity (Wildman–Crippen MR) is 79.4 cm³/mol. The highest BCUT2D eigenvalue weighted by Crippen LogP contribution is 2.35. The van der Waals surface area contributed by atoms with E-state index in [9.17, 15) is 4.39 Å². The molecule has 0 aromatic heterocycles. The fourth-order valence-corrected chi connectivity index (χ4v) is 3.14. The Kier molecular flexibility index (Phi) is 4.26. The van der Waals surface area contributed by atoms with Crippen molar-refractivity contribution < 1.29 is 4.39 Å². The minimum atomic E-state index is -0.225. The third kappa shape index (κ3) is 2.82. The Labute approximate surface area is 119 Å². The molecule has 2 aromatic rings. The zero-order chi connectivity index (χ0) is 14.0. The van der Waals surface area contributed by atoms with E-state index in [-0.39, 0.29) is 11.2 Å². The molecule has 0 aliphatic rings. The Morgan fingerprint density at radius 3 is 2.26 bits per heavy atom. The van der Waals surface area contributed by atoms with Crippen LogP contribution in [-0.4, -0.2) is 0 Å². The Hall–Kier alpha value is -1.34. The Morgan fingerprint density at radius 1 is 1.11 bits per heavy atom. The molecular formula is C17H18ClF. The van der Waals surface area contributed by atoms with Gasteiger partial charge in [-0.25, -0.2) is 4.39 Å². The zero-order valence-corrected chi connectivity index (χ0v) is 12.3. The Morgan fingerprint density at radius 2 is 1.68 bits per heavy atom. The molecule has 0 fully saturated rings. The number of benzene rings is 2. The normalized spacial score (nSPS) is 12.5. The summed E-state index contributed by atoms with van der Waals surface area (Å²) in [5, 5.41) is -0.225. The van der Waals surface area contributed by atoms with Crippen LogP contribution in [0.25, 0.3) is 0 Å². The second-order valence-electron chi connectivity index (χ2n) is 4.87. The molecule has 0 spiro atoms. The van der Waals surface area contributed by atoms with Crippen molar-refractivity contribution >= 4 is 11.6 Å². The van der Waals surface area contributed by atoms with Crippen LogP contribution in [0.1, 0.15) is 40.1 Å². The van der Waals surface area contributed by atoms with Crippen LogP contribution in [0, 0.1) is 19.7 Å². The van der Waals surface area contributed by atoms with E-state index >= 15 is 0 Å². The number of alkyl halides is 1. The number of aryl methyl sites for hydroxylation is 3. The van der Waals surface area contributed by atoms with Gasteiger partial charge in [-0.2, -0.15) is 0 Å². The minimum Gasteiger partial charge on any atom is -0.207 e. The van der Waals surface area contributed by atoms with Gasteiger partial charge in [-0.05, 0) is 60.2 Å². The summed E-state index contributed by atoms with van der Waals surface area (Å²) in [4.78, 5) is 0. The number of rotatable bonds is 3. The van der Waals surface area contributed by atoms with E-state index in [1.807, 2.05) is 26.0 Å². The van der Waals surface area contributed by atoms with Crippen molar-refractivity contribution in [1.82, 2.24) is 0 Å². The highest BCUT2D eigenvalue weighted by molar-refractivity contribution is 6.23. The highest BCUT2D eigenvalue weighted by Gasteiger charge is 2.18. The molecule has 0 heterocycles. The lowest BCUT2D eigenvalue weighted by Gasteiger charge is -2.19. The van der Waals surface area contributed by atoms with Crippen molar-refractivity contribution in [2.45, 2.75) is 32.6 Å². The summed E-state index contributed by atoms with van der Waals surface area (Å²) in [6.45, 7) is 5.94. The van der Waals surface area contributed by atoms with E-state index < -0.39 is 0 Å². The summed E-state index contributed by atoms with van der Waals surface area (Å²) in [6.07, 6.45) is 0.943. The van der Waals surface area contributed by atoms with Crippen molar-refractivity contribution in [1.29, 1.82) is 0 Å². The summed E-state index contributed by atoms with van der Waals surface area (Å²) in [7, 11) is 0. The fourth-order valence-electron chi connectivity index (χ4n) is 2.58. The van der Waals surface area contributed by atoms with Crippen LogP contribution in [0.15, 0.2) is 36.4 Å². The van der Waals surface area contributed by atoms with Gasteiger partial charge in [-0.1, -0.05) is 31.2 Å². The number of hydrogen-bond donors (Lipinski definition) is 0. The summed E-state index contributed by atoms with van der Waals surface area (Å²) < 4.78 is 13.4. The number of halogens is 2. The molecule has 19 heavy (non-hydrogen) atoms. The first-order valence-electron chi connectivity index (χ1n) is 6.53. The van der Waals surface area contributed by atoms with Crippen molar-refractivity contribution in [2.75, 3.05) is 0 Å². The minimum absolute atomic E-state index is 0.202. The molecule has 2 rings (SSSR count). The SMILES string of the molecule is CCc1ccccc1C(Cl)c1c(C)cc(F)cc1C. The fraction of sp³-hybridized carbons (Fsp3) is 0.294. The molecular weight excluding hydrogens is 259 g/mol. The van der Waals surface area contributed by atoms with Gasteiger partial charge in [-0.3, -0.25) is 0 Å². The summed E-state index contributed by atoms with van der Waals surface area (Å²) >= 11 is 6.66. The molecule has 100 valence electrons.